The zero-order chi connectivity index (χ0) is 21.3. The minimum absolute atomic E-state index is 0.00759. The van der Waals surface area contributed by atoms with Crippen molar-refractivity contribution >= 4 is 39.2 Å². The SMILES string of the molecule is O=C(COCc1ccccc1)Nc1nonc1C(=N[I-]O)Nc1ccc(F)c(Br)c1. The average Bonchev–Trinajstić information content (AvgIpc) is 3.19. The standard InChI is InChI=1S/C18H15BrFIN5O4/c19-13-8-12(6-7-14(13)20)22-17(24-21-28)16-18(26-30-25-16)23-15(27)10-29-9-11-4-2-1-3-5-11/h1-8,28H,9-10H2,(H,22,24)(H,23,26,27)/q-1. The van der Waals surface area contributed by atoms with E-state index < -0.39 is 33.6 Å². The van der Waals surface area contributed by atoms with Gasteiger partial charge >= 0.3 is 184 Å². The second-order valence-electron chi connectivity index (χ2n) is 5.75. The van der Waals surface area contributed by atoms with Crippen molar-refractivity contribution in [1.82, 2.24) is 10.3 Å². The fraction of sp³-hybridized carbons (Fsp3) is 0.111. The number of amidine groups is 1. The Morgan fingerprint density at radius 1 is 1.23 bits per heavy atom. The molecule has 0 aliphatic heterocycles. The zero-order valence-electron chi connectivity index (χ0n) is 15.2. The van der Waals surface area contributed by atoms with Crippen LogP contribution in [0.3, 0.4) is 0 Å². The summed E-state index contributed by atoms with van der Waals surface area (Å²) in [5.74, 6) is -0.774. The molecule has 0 atom stereocenters. The first-order chi connectivity index (χ1) is 14.6. The van der Waals surface area contributed by atoms with Gasteiger partial charge in [-0.3, -0.25) is 0 Å². The van der Waals surface area contributed by atoms with Crippen molar-refractivity contribution in [3.8, 4) is 0 Å². The van der Waals surface area contributed by atoms with E-state index in [-0.39, 0.29) is 35.0 Å². The summed E-state index contributed by atoms with van der Waals surface area (Å²) >= 11 is 1.57. The Bertz CT molecular complexity index is 1030. The van der Waals surface area contributed by atoms with E-state index in [0.29, 0.717) is 5.69 Å². The first kappa shape index (κ1) is 22.3. The number of hydrogen-bond acceptors (Lipinski definition) is 7. The monoisotopic (exact) mass is 590 g/mol. The van der Waals surface area contributed by atoms with Gasteiger partial charge in [-0.15, -0.1) is 0 Å². The molecule has 12 heteroatoms. The number of anilines is 2. The number of amides is 1. The van der Waals surface area contributed by atoms with Crippen LogP contribution in [0.1, 0.15) is 11.3 Å². The molecule has 0 aliphatic rings. The first-order valence-electron chi connectivity index (χ1n) is 8.39. The zero-order valence-corrected chi connectivity index (χ0v) is 18.9. The van der Waals surface area contributed by atoms with Gasteiger partial charge in [0.15, 0.2) is 0 Å². The predicted octanol–water partition coefficient (Wildman–Crippen LogP) is -0.103. The molecule has 0 saturated heterocycles. The Morgan fingerprint density at radius 2 is 2.03 bits per heavy atom. The van der Waals surface area contributed by atoms with E-state index in [4.69, 9.17) is 9.37 Å². The maximum atomic E-state index is 13.4. The topological polar surface area (TPSA) is 122 Å². The quantitative estimate of drug-likeness (QED) is 0.190. The minimum atomic E-state index is -1.53. The summed E-state index contributed by atoms with van der Waals surface area (Å²) < 4.78 is 37.1. The van der Waals surface area contributed by atoms with Crippen LogP contribution in [0.5, 0.6) is 0 Å². The van der Waals surface area contributed by atoms with E-state index in [9.17, 15) is 12.6 Å². The molecule has 0 spiro atoms. The summed E-state index contributed by atoms with van der Waals surface area (Å²) in [4.78, 5) is 12.2. The van der Waals surface area contributed by atoms with Crippen LogP contribution in [0.2, 0.25) is 0 Å². The molecular formula is C18H15BrFIN5O4-. The maximum absolute atomic E-state index is 13.4. The third-order valence-corrected chi connectivity index (χ3v) is 4.93. The molecule has 1 aromatic heterocycles. The number of ether oxygens (including phenoxy) is 1. The van der Waals surface area contributed by atoms with Crippen molar-refractivity contribution in [2.75, 3.05) is 17.2 Å². The van der Waals surface area contributed by atoms with Gasteiger partial charge in [0.2, 0.25) is 0 Å². The van der Waals surface area contributed by atoms with E-state index in [2.05, 4.69) is 40.1 Å². The summed E-state index contributed by atoms with van der Waals surface area (Å²) in [6.45, 7) is 0.0692. The summed E-state index contributed by atoms with van der Waals surface area (Å²) in [6, 6.07) is 13.6. The van der Waals surface area contributed by atoms with Gasteiger partial charge in [-0.1, -0.05) is 6.07 Å². The molecule has 0 saturated carbocycles. The van der Waals surface area contributed by atoms with Gasteiger partial charge < -0.3 is 0 Å². The molecule has 0 bridgehead atoms. The van der Waals surface area contributed by atoms with Gasteiger partial charge in [0, 0.05) is 0 Å². The van der Waals surface area contributed by atoms with Crippen molar-refractivity contribution in [1.29, 1.82) is 0 Å². The van der Waals surface area contributed by atoms with Gasteiger partial charge in [-0.2, -0.15) is 0 Å². The third kappa shape index (κ3) is 6.29. The fourth-order valence-electron chi connectivity index (χ4n) is 2.30. The predicted molar refractivity (Wildman–Crippen MR) is 106 cm³/mol. The van der Waals surface area contributed by atoms with Crippen molar-refractivity contribution in [3.05, 3.63) is 70.1 Å². The molecule has 3 aromatic rings. The van der Waals surface area contributed by atoms with Crippen LogP contribution in [0.25, 0.3) is 0 Å². The Kier molecular flexibility index (Phi) is 8.24. The van der Waals surface area contributed by atoms with Crippen LogP contribution in [0.4, 0.5) is 15.9 Å². The number of carbonyl (C=O) groups excluding carboxylic acids is 1. The van der Waals surface area contributed by atoms with Crippen molar-refractivity contribution in [2.24, 2.45) is 3.21 Å². The molecule has 0 fully saturated rings. The van der Waals surface area contributed by atoms with Gasteiger partial charge in [0.05, 0.1) is 0 Å². The molecule has 3 N–H and O–H groups in total. The molecule has 1 heterocycles. The third-order valence-electron chi connectivity index (χ3n) is 3.62. The van der Waals surface area contributed by atoms with Gasteiger partial charge in [0.1, 0.15) is 0 Å². The molecule has 3 rings (SSSR count). The van der Waals surface area contributed by atoms with Gasteiger partial charge in [-0.05, 0) is 0 Å². The second-order valence-corrected chi connectivity index (χ2v) is 7.52. The summed E-state index contributed by atoms with van der Waals surface area (Å²) in [5.41, 5.74) is 1.50. The van der Waals surface area contributed by atoms with Crippen LogP contribution in [0, 0.1) is 5.82 Å². The molecule has 158 valence electrons. The number of benzene rings is 2. The Labute approximate surface area is 190 Å². The van der Waals surface area contributed by atoms with Crippen molar-refractivity contribution in [3.63, 3.8) is 0 Å². The van der Waals surface area contributed by atoms with E-state index in [1.807, 2.05) is 30.3 Å². The number of aromatic nitrogens is 2. The van der Waals surface area contributed by atoms with Crippen LogP contribution in [0.15, 0.2) is 60.8 Å². The van der Waals surface area contributed by atoms with Gasteiger partial charge in [0.25, 0.3) is 0 Å². The van der Waals surface area contributed by atoms with Crippen LogP contribution in [-0.2, 0) is 16.1 Å². The summed E-state index contributed by atoms with van der Waals surface area (Å²) in [5, 5.41) is 12.8. The van der Waals surface area contributed by atoms with Crippen LogP contribution < -0.4 is 32.5 Å². The second kappa shape index (κ2) is 11.1. The first-order valence-corrected chi connectivity index (χ1v) is 11.1. The molecule has 0 aliphatic carbocycles. The number of hydrogen-bond donors (Lipinski definition) is 3. The number of halogens is 3. The molecule has 2 aromatic carbocycles. The van der Waals surface area contributed by atoms with E-state index in [0.717, 1.165) is 5.56 Å². The normalized spacial score (nSPS) is 11.5. The number of nitrogens with zero attached hydrogens (tertiary/aromatic N) is 3. The average molecular weight is 591 g/mol. The Morgan fingerprint density at radius 3 is 2.77 bits per heavy atom. The molecule has 30 heavy (non-hydrogen) atoms. The van der Waals surface area contributed by atoms with Gasteiger partial charge in [-0.25, -0.2) is 0 Å². The molecular weight excluding hydrogens is 576 g/mol. The molecule has 9 nitrogen and oxygen atoms in total. The molecule has 1 amide bonds. The van der Waals surface area contributed by atoms with E-state index >= 15 is 0 Å². The Hall–Kier alpha value is -2.42. The summed E-state index contributed by atoms with van der Waals surface area (Å²) in [7, 11) is 0. The van der Waals surface area contributed by atoms with Crippen molar-refractivity contribution in [2.45, 2.75) is 6.61 Å². The van der Waals surface area contributed by atoms with E-state index in [1.165, 1.54) is 18.2 Å². The van der Waals surface area contributed by atoms with Crippen LogP contribution in [-0.4, -0.2) is 32.1 Å². The molecule has 0 unspecified atom stereocenters. The molecule has 0 radical (unpaired) electrons. The number of nitrogens with one attached hydrogen (secondary N) is 2. The number of rotatable bonds is 8. The van der Waals surface area contributed by atoms with E-state index in [1.54, 1.807) is 0 Å². The number of carbonyl (C=O) groups is 1. The fourth-order valence-corrected chi connectivity index (χ4v) is 3.24. The van der Waals surface area contributed by atoms with Crippen molar-refractivity contribution < 1.29 is 43.9 Å². The summed E-state index contributed by atoms with van der Waals surface area (Å²) in [6.07, 6.45) is 0. The Balaban J connectivity index is 1.64. The van der Waals surface area contributed by atoms with Crippen LogP contribution >= 0.6 is 15.9 Å².